The van der Waals surface area contributed by atoms with Crippen LogP contribution in [0.15, 0.2) is 78.9 Å². The molecule has 7 nitrogen and oxygen atoms in total. The van der Waals surface area contributed by atoms with Gasteiger partial charge in [-0.15, -0.1) is 0 Å². The molecule has 3 aromatic rings. The van der Waals surface area contributed by atoms with Crippen LogP contribution in [0.3, 0.4) is 0 Å². The summed E-state index contributed by atoms with van der Waals surface area (Å²) in [7, 11) is 0. The molecular weight excluding hydrogens is 459 g/mol. The first-order chi connectivity index (χ1) is 17.5. The Hall–Kier alpha value is -3.75. The van der Waals surface area contributed by atoms with Crippen molar-refractivity contribution in [2.75, 3.05) is 49.5 Å². The number of halogens is 1. The Balaban J connectivity index is 1.53. The number of β-amino-alcohol motifs (C(OH)–C–C–N with tert-alkyl or cyclic N) is 1. The molecule has 0 spiro atoms. The molecule has 0 saturated carbocycles. The number of hydrogen-bond donors (Lipinski definition) is 3. The van der Waals surface area contributed by atoms with Crippen LogP contribution in [0.1, 0.15) is 15.9 Å². The summed E-state index contributed by atoms with van der Waals surface area (Å²) in [6, 6.07) is 21.7. The van der Waals surface area contributed by atoms with Crippen molar-refractivity contribution in [3.63, 3.8) is 0 Å². The molecule has 2 amide bonds. The maximum absolute atomic E-state index is 14.2. The van der Waals surface area contributed by atoms with E-state index in [9.17, 15) is 19.1 Å². The number of amides is 2. The van der Waals surface area contributed by atoms with E-state index in [4.69, 9.17) is 0 Å². The Kier molecular flexibility index (Phi) is 8.65. The predicted molar refractivity (Wildman–Crippen MR) is 139 cm³/mol. The zero-order valence-electron chi connectivity index (χ0n) is 20.1. The Labute approximate surface area is 210 Å². The van der Waals surface area contributed by atoms with E-state index in [1.165, 1.54) is 12.1 Å². The van der Waals surface area contributed by atoms with Gasteiger partial charge in [-0.2, -0.15) is 0 Å². The minimum Gasteiger partial charge on any atom is -0.395 e. The topological polar surface area (TPSA) is 84.9 Å². The van der Waals surface area contributed by atoms with Gasteiger partial charge in [-0.1, -0.05) is 48.5 Å². The third-order valence-corrected chi connectivity index (χ3v) is 6.29. The van der Waals surface area contributed by atoms with E-state index in [-0.39, 0.29) is 18.9 Å². The first-order valence-corrected chi connectivity index (χ1v) is 12.1. The molecule has 1 unspecified atom stereocenters. The average Bonchev–Trinajstić information content (AvgIpc) is 2.90. The Morgan fingerprint density at radius 2 is 1.58 bits per heavy atom. The fourth-order valence-electron chi connectivity index (χ4n) is 4.35. The summed E-state index contributed by atoms with van der Waals surface area (Å²) in [5, 5.41) is 14.9. The Morgan fingerprint density at radius 3 is 2.25 bits per heavy atom. The number of carbonyl (C=O) groups excluding carboxylic acids is 2. The van der Waals surface area contributed by atoms with Crippen LogP contribution >= 0.6 is 0 Å². The van der Waals surface area contributed by atoms with E-state index in [2.05, 4.69) is 20.4 Å². The molecule has 8 heteroatoms. The van der Waals surface area contributed by atoms with Crippen LogP contribution in [0.5, 0.6) is 0 Å². The molecule has 4 rings (SSSR count). The second-order valence-corrected chi connectivity index (χ2v) is 8.78. The number of carbonyl (C=O) groups is 2. The molecule has 1 heterocycles. The predicted octanol–water partition coefficient (Wildman–Crippen LogP) is 2.92. The summed E-state index contributed by atoms with van der Waals surface area (Å²) < 4.78 is 14.2. The van der Waals surface area contributed by atoms with Crippen LogP contribution in [0.2, 0.25) is 0 Å². The summed E-state index contributed by atoms with van der Waals surface area (Å²) in [6.45, 7) is 3.61. The standard InChI is InChI=1S/C28H31FN4O3/c29-23-11-12-26(33-15-13-32(14-16-33)17-18-34)24(20-23)30-28(36)25(19-21-7-3-1-4-8-21)31-27(35)22-9-5-2-6-10-22/h1-12,20,25,34H,13-19H2,(H,30,36)(H,31,35). The normalized spacial score (nSPS) is 14.8. The Bertz CT molecular complexity index is 1150. The minimum atomic E-state index is -0.863. The lowest BCUT2D eigenvalue weighted by Gasteiger charge is -2.36. The van der Waals surface area contributed by atoms with Gasteiger partial charge in [0.2, 0.25) is 5.91 Å². The number of aliphatic hydroxyl groups is 1. The zero-order chi connectivity index (χ0) is 25.3. The molecule has 0 radical (unpaired) electrons. The van der Waals surface area contributed by atoms with Crippen molar-refractivity contribution in [1.29, 1.82) is 0 Å². The van der Waals surface area contributed by atoms with Gasteiger partial charge in [0.1, 0.15) is 11.9 Å². The van der Waals surface area contributed by atoms with E-state index >= 15 is 0 Å². The average molecular weight is 491 g/mol. The number of benzene rings is 3. The van der Waals surface area contributed by atoms with Gasteiger partial charge in [-0.05, 0) is 35.9 Å². The van der Waals surface area contributed by atoms with E-state index in [1.54, 1.807) is 30.3 Å². The van der Waals surface area contributed by atoms with Crippen molar-refractivity contribution >= 4 is 23.2 Å². The molecule has 1 saturated heterocycles. The molecular formula is C28H31FN4O3. The van der Waals surface area contributed by atoms with Crippen LogP contribution in [0.25, 0.3) is 0 Å². The molecule has 188 valence electrons. The number of nitrogens with one attached hydrogen (secondary N) is 2. The van der Waals surface area contributed by atoms with Crippen molar-refractivity contribution < 1.29 is 19.1 Å². The van der Waals surface area contributed by atoms with Crippen molar-refractivity contribution in [3.05, 3.63) is 95.8 Å². The van der Waals surface area contributed by atoms with Crippen molar-refractivity contribution in [1.82, 2.24) is 10.2 Å². The molecule has 36 heavy (non-hydrogen) atoms. The maximum atomic E-state index is 14.2. The molecule has 1 aliphatic heterocycles. The monoisotopic (exact) mass is 490 g/mol. The van der Waals surface area contributed by atoms with Crippen molar-refractivity contribution in [2.45, 2.75) is 12.5 Å². The summed E-state index contributed by atoms with van der Waals surface area (Å²) >= 11 is 0. The van der Waals surface area contributed by atoms with Gasteiger partial charge in [-0.25, -0.2) is 4.39 Å². The van der Waals surface area contributed by atoms with E-state index in [0.29, 0.717) is 30.9 Å². The highest BCUT2D eigenvalue weighted by molar-refractivity contribution is 6.02. The zero-order valence-corrected chi connectivity index (χ0v) is 20.1. The number of aliphatic hydroxyl groups excluding tert-OH is 1. The lowest BCUT2D eigenvalue weighted by molar-refractivity contribution is -0.118. The second-order valence-electron chi connectivity index (χ2n) is 8.78. The fourth-order valence-corrected chi connectivity index (χ4v) is 4.35. The van der Waals surface area contributed by atoms with Crippen LogP contribution in [0.4, 0.5) is 15.8 Å². The lowest BCUT2D eigenvalue weighted by Crippen LogP contribution is -2.48. The highest BCUT2D eigenvalue weighted by Gasteiger charge is 2.25. The van der Waals surface area contributed by atoms with Gasteiger partial charge in [0.05, 0.1) is 18.0 Å². The van der Waals surface area contributed by atoms with Gasteiger partial charge in [-0.3, -0.25) is 14.5 Å². The van der Waals surface area contributed by atoms with E-state index in [1.807, 2.05) is 36.4 Å². The van der Waals surface area contributed by atoms with Crippen LogP contribution in [0, 0.1) is 5.82 Å². The maximum Gasteiger partial charge on any atom is 0.251 e. The number of anilines is 2. The summed E-state index contributed by atoms with van der Waals surface area (Å²) in [5.41, 5.74) is 2.44. The van der Waals surface area contributed by atoms with Gasteiger partial charge >= 0.3 is 0 Å². The SMILES string of the molecule is O=C(NC(Cc1ccccc1)C(=O)Nc1cc(F)ccc1N1CCN(CCO)CC1)c1ccccc1. The van der Waals surface area contributed by atoms with Crippen molar-refractivity contribution in [3.8, 4) is 0 Å². The third kappa shape index (κ3) is 6.68. The number of piperazine rings is 1. The first-order valence-electron chi connectivity index (χ1n) is 12.1. The molecule has 3 N–H and O–H groups in total. The van der Waals surface area contributed by atoms with Gasteiger partial charge in [0, 0.05) is 44.7 Å². The molecule has 1 aliphatic rings. The molecule has 1 atom stereocenters. The molecule has 0 aliphatic carbocycles. The quantitative estimate of drug-likeness (QED) is 0.430. The molecule has 0 aromatic heterocycles. The van der Waals surface area contributed by atoms with Crippen LogP contribution in [-0.4, -0.2) is 67.2 Å². The van der Waals surface area contributed by atoms with Crippen molar-refractivity contribution in [2.24, 2.45) is 0 Å². The van der Waals surface area contributed by atoms with Gasteiger partial charge in [0.25, 0.3) is 5.91 Å². The van der Waals surface area contributed by atoms with Gasteiger partial charge < -0.3 is 20.6 Å². The van der Waals surface area contributed by atoms with Gasteiger partial charge in [0.15, 0.2) is 0 Å². The molecule has 3 aromatic carbocycles. The van der Waals surface area contributed by atoms with Crippen LogP contribution < -0.4 is 15.5 Å². The first kappa shape index (κ1) is 25.3. The summed E-state index contributed by atoms with van der Waals surface area (Å²) in [5.74, 6) is -1.24. The van der Waals surface area contributed by atoms with E-state index < -0.39 is 17.8 Å². The highest BCUT2D eigenvalue weighted by atomic mass is 19.1. The van der Waals surface area contributed by atoms with Crippen LogP contribution in [-0.2, 0) is 11.2 Å². The highest BCUT2D eigenvalue weighted by Crippen LogP contribution is 2.28. The summed E-state index contributed by atoms with van der Waals surface area (Å²) in [4.78, 5) is 30.6. The fraction of sp³-hybridized carbons (Fsp3) is 0.286. The molecule has 1 fully saturated rings. The van der Waals surface area contributed by atoms with E-state index in [0.717, 1.165) is 24.3 Å². The second kappa shape index (κ2) is 12.3. The minimum absolute atomic E-state index is 0.107. The largest absolute Gasteiger partial charge is 0.395 e. The number of rotatable bonds is 9. The smallest absolute Gasteiger partial charge is 0.251 e. The molecule has 0 bridgehead atoms. The lowest BCUT2D eigenvalue weighted by atomic mass is 10.0. The third-order valence-electron chi connectivity index (χ3n) is 6.29. The number of hydrogen-bond acceptors (Lipinski definition) is 5. The number of nitrogens with zero attached hydrogens (tertiary/aromatic N) is 2. The Morgan fingerprint density at radius 1 is 0.917 bits per heavy atom. The summed E-state index contributed by atoms with van der Waals surface area (Å²) in [6.07, 6.45) is 0.287.